The van der Waals surface area contributed by atoms with Gasteiger partial charge in [-0.1, -0.05) is 44.2 Å². The second-order valence-corrected chi connectivity index (χ2v) is 7.06. The van der Waals surface area contributed by atoms with Crippen LogP contribution in [-0.4, -0.2) is 28.9 Å². The van der Waals surface area contributed by atoms with E-state index >= 15 is 0 Å². The second kappa shape index (κ2) is 6.73. The maximum absolute atomic E-state index is 12.5. The van der Waals surface area contributed by atoms with Crippen molar-refractivity contribution in [2.45, 2.75) is 58.2 Å². The van der Waals surface area contributed by atoms with Crippen molar-refractivity contribution in [3.05, 3.63) is 35.9 Å². The van der Waals surface area contributed by atoms with Gasteiger partial charge in [0.1, 0.15) is 12.4 Å². The summed E-state index contributed by atoms with van der Waals surface area (Å²) in [5.41, 5.74) is 0.998. The lowest BCUT2D eigenvalue weighted by atomic mass is 9.83. The minimum absolute atomic E-state index is 0.0796. The third kappa shape index (κ3) is 3.41. The fourth-order valence-electron chi connectivity index (χ4n) is 3.97. The quantitative estimate of drug-likeness (QED) is 0.849. The third-order valence-electron chi connectivity index (χ3n) is 5.12. The van der Waals surface area contributed by atoms with Crippen molar-refractivity contribution in [2.24, 2.45) is 11.8 Å². The van der Waals surface area contributed by atoms with Crippen molar-refractivity contribution >= 4 is 11.9 Å². The first-order chi connectivity index (χ1) is 11.1. The molecule has 1 amide bonds. The Morgan fingerprint density at radius 3 is 2.30 bits per heavy atom. The molecule has 2 atom stereocenters. The van der Waals surface area contributed by atoms with Crippen LogP contribution in [0, 0.1) is 11.8 Å². The lowest BCUT2D eigenvalue weighted by molar-refractivity contribution is -0.128. The zero-order valence-corrected chi connectivity index (χ0v) is 13.9. The van der Waals surface area contributed by atoms with Gasteiger partial charge in [0.2, 0.25) is 0 Å². The molecule has 1 aromatic carbocycles. The Hall–Kier alpha value is -1.84. The van der Waals surface area contributed by atoms with E-state index in [0.29, 0.717) is 12.4 Å². The second-order valence-electron chi connectivity index (χ2n) is 7.06. The standard InChI is InChI=1S/C19H25NO3/c1-13(2)18(21)15-10-16-8-9-17(11-15)20(16)19(22)23-12-14-6-4-3-5-7-14/h3-7,13,15-17H,8-12H2,1-2H3. The van der Waals surface area contributed by atoms with Gasteiger partial charge in [0, 0.05) is 23.9 Å². The lowest BCUT2D eigenvalue weighted by Crippen LogP contribution is -2.48. The fraction of sp³-hybridized carbons (Fsp3) is 0.579. The van der Waals surface area contributed by atoms with Gasteiger partial charge >= 0.3 is 6.09 Å². The van der Waals surface area contributed by atoms with Crippen LogP contribution in [-0.2, 0) is 16.1 Å². The Balaban J connectivity index is 1.59. The van der Waals surface area contributed by atoms with E-state index in [1.54, 1.807) is 0 Å². The van der Waals surface area contributed by atoms with Crippen LogP contribution in [0.1, 0.15) is 45.1 Å². The molecule has 2 saturated heterocycles. The number of hydrogen-bond acceptors (Lipinski definition) is 3. The molecule has 23 heavy (non-hydrogen) atoms. The van der Waals surface area contributed by atoms with E-state index in [9.17, 15) is 9.59 Å². The number of hydrogen-bond donors (Lipinski definition) is 0. The number of amides is 1. The molecule has 0 spiro atoms. The number of Topliss-reactive ketones (excluding diaryl/α,β-unsaturated/α-hetero) is 1. The number of carbonyl (C=O) groups is 2. The van der Waals surface area contributed by atoms with Crippen molar-refractivity contribution in [2.75, 3.05) is 0 Å². The molecule has 0 radical (unpaired) electrons. The number of benzene rings is 1. The SMILES string of the molecule is CC(C)C(=O)C1CC2CCC(C1)N2C(=O)OCc1ccccc1. The van der Waals surface area contributed by atoms with Crippen LogP contribution >= 0.6 is 0 Å². The molecule has 2 aliphatic heterocycles. The van der Waals surface area contributed by atoms with E-state index in [2.05, 4.69) is 0 Å². The van der Waals surface area contributed by atoms with Gasteiger partial charge in [0.05, 0.1) is 0 Å². The number of carbonyl (C=O) groups excluding carboxylic acids is 2. The van der Waals surface area contributed by atoms with Gasteiger partial charge in [0.25, 0.3) is 0 Å². The van der Waals surface area contributed by atoms with Gasteiger partial charge < -0.3 is 9.64 Å². The Morgan fingerprint density at radius 2 is 1.74 bits per heavy atom. The average molecular weight is 315 g/mol. The summed E-state index contributed by atoms with van der Waals surface area (Å²) in [4.78, 5) is 26.6. The average Bonchev–Trinajstić information content (AvgIpc) is 2.82. The molecule has 2 aliphatic rings. The number of piperidine rings is 1. The van der Waals surface area contributed by atoms with Crippen molar-refractivity contribution in [1.29, 1.82) is 0 Å². The molecule has 0 saturated carbocycles. The molecule has 2 fully saturated rings. The number of nitrogens with zero attached hydrogens (tertiary/aromatic N) is 1. The van der Waals surface area contributed by atoms with E-state index < -0.39 is 0 Å². The molecular weight excluding hydrogens is 290 g/mol. The minimum atomic E-state index is -0.225. The van der Waals surface area contributed by atoms with Crippen molar-refractivity contribution < 1.29 is 14.3 Å². The lowest BCUT2D eigenvalue weighted by Gasteiger charge is -2.38. The predicted molar refractivity (Wildman–Crippen MR) is 87.8 cm³/mol. The first kappa shape index (κ1) is 16.0. The molecule has 4 nitrogen and oxygen atoms in total. The highest BCUT2D eigenvalue weighted by atomic mass is 16.6. The van der Waals surface area contributed by atoms with Gasteiger partial charge in [-0.15, -0.1) is 0 Å². The Kier molecular flexibility index (Phi) is 4.69. The Labute approximate surface area is 137 Å². The zero-order valence-electron chi connectivity index (χ0n) is 13.9. The van der Waals surface area contributed by atoms with Crippen molar-refractivity contribution in [1.82, 2.24) is 4.90 Å². The minimum Gasteiger partial charge on any atom is -0.445 e. The van der Waals surface area contributed by atoms with Crippen LogP contribution in [0.25, 0.3) is 0 Å². The summed E-state index contributed by atoms with van der Waals surface area (Å²) < 4.78 is 5.49. The molecule has 2 heterocycles. The largest absolute Gasteiger partial charge is 0.445 e. The first-order valence-electron chi connectivity index (χ1n) is 8.59. The summed E-state index contributed by atoms with van der Waals surface area (Å²) in [5.74, 6) is 0.542. The van der Waals surface area contributed by atoms with E-state index in [0.717, 1.165) is 31.2 Å². The summed E-state index contributed by atoms with van der Waals surface area (Å²) >= 11 is 0. The summed E-state index contributed by atoms with van der Waals surface area (Å²) in [6, 6.07) is 10.1. The zero-order chi connectivity index (χ0) is 16.4. The van der Waals surface area contributed by atoms with E-state index in [4.69, 9.17) is 4.74 Å². The molecule has 1 aromatic rings. The highest BCUT2D eigenvalue weighted by Crippen LogP contribution is 2.40. The molecular formula is C19H25NO3. The van der Waals surface area contributed by atoms with Gasteiger partial charge in [-0.25, -0.2) is 4.79 Å². The molecule has 124 valence electrons. The van der Waals surface area contributed by atoms with Gasteiger partial charge in [0.15, 0.2) is 0 Å². The van der Waals surface area contributed by atoms with Gasteiger partial charge in [-0.3, -0.25) is 4.79 Å². The van der Waals surface area contributed by atoms with Crippen LogP contribution in [0.5, 0.6) is 0 Å². The molecule has 3 rings (SSSR count). The molecule has 2 unspecified atom stereocenters. The van der Waals surface area contributed by atoms with Crippen LogP contribution in [0.3, 0.4) is 0 Å². The van der Waals surface area contributed by atoms with Crippen LogP contribution in [0.15, 0.2) is 30.3 Å². The highest BCUT2D eigenvalue weighted by molar-refractivity contribution is 5.83. The number of rotatable bonds is 4. The molecule has 0 N–H and O–H groups in total. The Morgan fingerprint density at radius 1 is 1.13 bits per heavy atom. The summed E-state index contributed by atoms with van der Waals surface area (Å²) in [6.45, 7) is 4.24. The number of ketones is 1. The monoisotopic (exact) mass is 315 g/mol. The smallest absolute Gasteiger partial charge is 0.410 e. The molecule has 2 bridgehead atoms. The van der Waals surface area contributed by atoms with Crippen molar-refractivity contribution in [3.8, 4) is 0 Å². The number of fused-ring (bicyclic) bond motifs is 2. The van der Waals surface area contributed by atoms with E-state index in [1.165, 1.54) is 0 Å². The van der Waals surface area contributed by atoms with Crippen LogP contribution in [0.4, 0.5) is 4.79 Å². The third-order valence-corrected chi connectivity index (χ3v) is 5.12. The molecule has 0 aliphatic carbocycles. The molecule has 4 heteroatoms. The maximum atomic E-state index is 12.5. The number of ether oxygens (including phenoxy) is 1. The van der Waals surface area contributed by atoms with Gasteiger partial charge in [-0.05, 0) is 31.2 Å². The van der Waals surface area contributed by atoms with Gasteiger partial charge in [-0.2, -0.15) is 0 Å². The van der Waals surface area contributed by atoms with E-state index in [1.807, 2.05) is 49.1 Å². The Bertz CT molecular complexity index is 555. The summed E-state index contributed by atoms with van der Waals surface area (Å²) in [5, 5.41) is 0. The fourth-order valence-corrected chi connectivity index (χ4v) is 3.97. The van der Waals surface area contributed by atoms with Crippen molar-refractivity contribution in [3.63, 3.8) is 0 Å². The summed E-state index contributed by atoms with van der Waals surface area (Å²) in [6.07, 6.45) is 3.36. The highest BCUT2D eigenvalue weighted by Gasteiger charge is 2.45. The molecule has 0 aromatic heterocycles. The van der Waals surface area contributed by atoms with Crippen LogP contribution in [0.2, 0.25) is 0 Å². The first-order valence-corrected chi connectivity index (χ1v) is 8.59. The van der Waals surface area contributed by atoms with E-state index in [-0.39, 0.29) is 30.0 Å². The van der Waals surface area contributed by atoms with Crippen LogP contribution < -0.4 is 0 Å². The topological polar surface area (TPSA) is 46.6 Å². The maximum Gasteiger partial charge on any atom is 0.410 e. The predicted octanol–water partition coefficient (Wildman–Crippen LogP) is 3.79. The summed E-state index contributed by atoms with van der Waals surface area (Å²) in [7, 11) is 0. The normalized spacial score (nSPS) is 26.4.